The van der Waals surface area contributed by atoms with Crippen LogP contribution in [0.15, 0.2) is 43.0 Å². The minimum Gasteiger partial charge on any atom is -0.459 e. The average molecular weight is 378 g/mol. The van der Waals surface area contributed by atoms with Crippen molar-refractivity contribution in [3.8, 4) is 0 Å². The molecule has 7 heteroatoms. The predicted octanol–water partition coefficient (Wildman–Crippen LogP) is 1.56. The van der Waals surface area contributed by atoms with E-state index in [0.717, 1.165) is 24.8 Å². The Morgan fingerprint density at radius 1 is 1.22 bits per heavy atom. The molecule has 0 saturated heterocycles. The van der Waals surface area contributed by atoms with Crippen molar-refractivity contribution in [3.63, 3.8) is 0 Å². The number of carbonyl (C=O) groups excluding carboxylic acids is 2. The van der Waals surface area contributed by atoms with Gasteiger partial charge in [0, 0.05) is 13.7 Å². The van der Waals surface area contributed by atoms with Gasteiger partial charge in [0.25, 0.3) is 0 Å². The summed E-state index contributed by atoms with van der Waals surface area (Å²) in [7, 11) is 1.45. The van der Waals surface area contributed by atoms with E-state index < -0.39 is 24.0 Å². The SMILES string of the molecule is C=CCCCCOC[C@H](NC(=O)[C@@H](N)COC)C(=O)OCc1ccccc1. The highest BCUT2D eigenvalue weighted by molar-refractivity contribution is 5.87. The highest BCUT2D eigenvalue weighted by atomic mass is 16.5. The number of nitrogens with two attached hydrogens (primary N) is 1. The Kier molecular flexibility index (Phi) is 11.8. The van der Waals surface area contributed by atoms with Crippen molar-refractivity contribution in [3.05, 3.63) is 48.6 Å². The third kappa shape index (κ3) is 9.89. The number of hydrogen-bond acceptors (Lipinski definition) is 6. The third-order valence-electron chi connectivity index (χ3n) is 3.74. The quantitative estimate of drug-likeness (QED) is 0.290. The van der Waals surface area contributed by atoms with E-state index in [1.54, 1.807) is 0 Å². The minimum absolute atomic E-state index is 0.0210. The molecule has 0 saturated carbocycles. The van der Waals surface area contributed by atoms with Crippen molar-refractivity contribution in [2.45, 2.75) is 38.0 Å². The summed E-state index contributed by atoms with van der Waals surface area (Å²) in [4.78, 5) is 24.5. The van der Waals surface area contributed by atoms with Gasteiger partial charge in [0.05, 0.1) is 13.2 Å². The highest BCUT2D eigenvalue weighted by Crippen LogP contribution is 2.03. The molecule has 0 heterocycles. The van der Waals surface area contributed by atoms with Crippen LogP contribution in [0.2, 0.25) is 0 Å². The summed E-state index contributed by atoms with van der Waals surface area (Å²) >= 11 is 0. The van der Waals surface area contributed by atoms with Crippen LogP contribution in [0, 0.1) is 0 Å². The first-order chi connectivity index (χ1) is 13.1. The maximum absolute atomic E-state index is 12.4. The molecule has 0 unspecified atom stereocenters. The number of esters is 1. The molecule has 2 atom stereocenters. The molecule has 0 aromatic heterocycles. The molecule has 0 aliphatic carbocycles. The molecule has 1 aromatic carbocycles. The number of benzene rings is 1. The van der Waals surface area contributed by atoms with Crippen LogP contribution in [-0.4, -0.2) is 50.9 Å². The largest absolute Gasteiger partial charge is 0.459 e. The van der Waals surface area contributed by atoms with Gasteiger partial charge in [-0.2, -0.15) is 0 Å². The Bertz CT molecular complexity index is 565. The number of rotatable bonds is 14. The van der Waals surface area contributed by atoms with Gasteiger partial charge in [-0.15, -0.1) is 6.58 Å². The summed E-state index contributed by atoms with van der Waals surface area (Å²) in [5, 5.41) is 2.58. The normalized spacial score (nSPS) is 12.8. The lowest BCUT2D eigenvalue weighted by molar-refractivity contribution is -0.151. The smallest absolute Gasteiger partial charge is 0.331 e. The van der Waals surface area contributed by atoms with Crippen molar-refractivity contribution < 1.29 is 23.8 Å². The summed E-state index contributed by atoms with van der Waals surface area (Å²) in [6.45, 7) is 4.35. The molecule has 1 rings (SSSR count). The highest BCUT2D eigenvalue weighted by Gasteiger charge is 2.25. The molecule has 150 valence electrons. The number of nitrogens with one attached hydrogen (secondary N) is 1. The molecule has 7 nitrogen and oxygen atoms in total. The zero-order valence-electron chi connectivity index (χ0n) is 15.9. The molecule has 27 heavy (non-hydrogen) atoms. The van der Waals surface area contributed by atoms with Gasteiger partial charge in [-0.05, 0) is 24.8 Å². The molecule has 0 fully saturated rings. The van der Waals surface area contributed by atoms with Gasteiger partial charge >= 0.3 is 5.97 Å². The number of methoxy groups -OCH3 is 1. The van der Waals surface area contributed by atoms with E-state index in [4.69, 9.17) is 19.9 Å². The fourth-order valence-corrected chi connectivity index (χ4v) is 2.23. The number of amides is 1. The van der Waals surface area contributed by atoms with Gasteiger partial charge in [0.15, 0.2) is 6.04 Å². The van der Waals surface area contributed by atoms with Crippen molar-refractivity contribution in [2.75, 3.05) is 26.9 Å². The average Bonchev–Trinajstić information content (AvgIpc) is 2.68. The van der Waals surface area contributed by atoms with E-state index in [2.05, 4.69) is 11.9 Å². The van der Waals surface area contributed by atoms with E-state index >= 15 is 0 Å². The molecule has 0 aliphatic heterocycles. The number of carbonyl (C=O) groups is 2. The predicted molar refractivity (Wildman–Crippen MR) is 103 cm³/mol. The second kappa shape index (κ2) is 13.9. The van der Waals surface area contributed by atoms with E-state index in [9.17, 15) is 9.59 Å². The van der Waals surface area contributed by atoms with Gasteiger partial charge in [-0.1, -0.05) is 36.4 Å². The van der Waals surface area contributed by atoms with Crippen LogP contribution in [0.25, 0.3) is 0 Å². The zero-order valence-corrected chi connectivity index (χ0v) is 15.9. The molecule has 1 amide bonds. The van der Waals surface area contributed by atoms with Crippen LogP contribution in [0.5, 0.6) is 0 Å². The maximum atomic E-state index is 12.4. The van der Waals surface area contributed by atoms with E-state index in [0.29, 0.717) is 6.61 Å². The van der Waals surface area contributed by atoms with Crippen molar-refractivity contribution in [1.82, 2.24) is 5.32 Å². The molecular weight excluding hydrogens is 348 g/mol. The number of allylic oxidation sites excluding steroid dienone is 1. The molecule has 0 radical (unpaired) electrons. The van der Waals surface area contributed by atoms with E-state index in [1.165, 1.54) is 7.11 Å². The Labute approximate surface area is 160 Å². The first kappa shape index (κ1) is 22.8. The summed E-state index contributed by atoms with van der Waals surface area (Å²) in [6, 6.07) is 7.51. The Hall–Kier alpha value is -2.22. The minimum atomic E-state index is -0.927. The second-order valence-electron chi connectivity index (χ2n) is 6.08. The summed E-state index contributed by atoms with van der Waals surface area (Å²) in [5.41, 5.74) is 6.57. The van der Waals surface area contributed by atoms with Gasteiger partial charge in [0.2, 0.25) is 5.91 Å². The monoisotopic (exact) mass is 378 g/mol. The molecule has 0 bridgehead atoms. The molecular formula is C20H30N2O5. The van der Waals surface area contributed by atoms with Crippen molar-refractivity contribution >= 4 is 11.9 Å². The zero-order chi connectivity index (χ0) is 19.9. The van der Waals surface area contributed by atoms with Crippen LogP contribution in [0.4, 0.5) is 0 Å². The second-order valence-corrected chi connectivity index (χ2v) is 6.08. The maximum Gasteiger partial charge on any atom is 0.331 e. The first-order valence-electron chi connectivity index (χ1n) is 9.02. The molecule has 1 aromatic rings. The van der Waals surface area contributed by atoms with Crippen LogP contribution in [0.3, 0.4) is 0 Å². The Morgan fingerprint density at radius 3 is 2.63 bits per heavy atom. The van der Waals surface area contributed by atoms with Crippen LogP contribution >= 0.6 is 0 Å². The summed E-state index contributed by atoms with van der Waals surface area (Å²) in [6.07, 6.45) is 4.56. The lowest BCUT2D eigenvalue weighted by atomic mass is 10.2. The first-order valence-corrected chi connectivity index (χ1v) is 9.02. The molecule has 3 N–H and O–H groups in total. The lowest BCUT2D eigenvalue weighted by Gasteiger charge is -2.20. The number of hydrogen-bond donors (Lipinski definition) is 2. The molecule has 0 spiro atoms. The Morgan fingerprint density at radius 2 is 1.96 bits per heavy atom. The fourth-order valence-electron chi connectivity index (χ4n) is 2.23. The number of ether oxygens (including phenoxy) is 3. The number of unbranched alkanes of at least 4 members (excludes halogenated alkanes) is 2. The summed E-state index contributed by atoms with van der Waals surface area (Å²) in [5.74, 6) is -1.06. The summed E-state index contributed by atoms with van der Waals surface area (Å²) < 4.78 is 15.7. The topological polar surface area (TPSA) is 99.9 Å². The fraction of sp³-hybridized carbons (Fsp3) is 0.500. The van der Waals surface area contributed by atoms with Crippen LogP contribution in [-0.2, 0) is 30.4 Å². The third-order valence-corrected chi connectivity index (χ3v) is 3.74. The van der Waals surface area contributed by atoms with Crippen LogP contribution < -0.4 is 11.1 Å². The van der Waals surface area contributed by atoms with Crippen molar-refractivity contribution in [1.29, 1.82) is 0 Å². The van der Waals surface area contributed by atoms with Crippen molar-refractivity contribution in [2.24, 2.45) is 5.73 Å². The van der Waals surface area contributed by atoms with Crippen LogP contribution in [0.1, 0.15) is 24.8 Å². The van der Waals surface area contributed by atoms with Gasteiger partial charge in [-0.3, -0.25) is 4.79 Å². The van der Waals surface area contributed by atoms with E-state index in [1.807, 2.05) is 36.4 Å². The molecule has 0 aliphatic rings. The van der Waals surface area contributed by atoms with Gasteiger partial charge < -0.3 is 25.3 Å². The van der Waals surface area contributed by atoms with Gasteiger partial charge in [-0.25, -0.2) is 4.79 Å². The van der Waals surface area contributed by atoms with E-state index in [-0.39, 0.29) is 19.8 Å². The standard InChI is InChI=1S/C20H30N2O5/c1-3-4-5-9-12-26-15-18(22-19(23)17(21)14-25-2)20(24)27-13-16-10-7-6-8-11-16/h3,6-8,10-11,17-18H,1,4-5,9,12-15,21H2,2H3,(H,22,23)/t17-,18-/m0/s1. The van der Waals surface area contributed by atoms with Gasteiger partial charge in [0.1, 0.15) is 12.6 Å². The lowest BCUT2D eigenvalue weighted by Crippen LogP contribution is -2.52. The Balaban J connectivity index is 2.55.